The zero-order valence-corrected chi connectivity index (χ0v) is 21.0. The van der Waals surface area contributed by atoms with E-state index in [1.54, 1.807) is 30.1 Å². The standard InChI is InChI=1S/C24H27F2N7O2S/c1-16-10-22-18(12-28-33(22)20-6-4-19(26)5-7-20)11-21(16)23-15-32(9-8-31(23)14-17(2)25)36(34,35)24-13-27-30(3)29-24/h4-7,10-13,17,23H,8-9,14-15H2,1-3H3/t17-,23-/m1/s1. The van der Waals surface area contributed by atoms with Gasteiger partial charge < -0.3 is 0 Å². The molecule has 12 heteroatoms. The Morgan fingerprint density at radius 2 is 1.86 bits per heavy atom. The molecule has 9 nitrogen and oxygen atoms in total. The molecule has 3 heterocycles. The van der Waals surface area contributed by atoms with Crippen LogP contribution in [0.15, 0.2) is 53.8 Å². The van der Waals surface area contributed by atoms with E-state index in [0.717, 1.165) is 27.7 Å². The molecule has 1 aliphatic rings. The first-order valence-electron chi connectivity index (χ1n) is 11.6. The first kappa shape index (κ1) is 24.5. The van der Waals surface area contributed by atoms with Crippen molar-refractivity contribution in [3.63, 3.8) is 0 Å². The number of halogens is 2. The molecule has 0 radical (unpaired) electrons. The average molecular weight is 516 g/mol. The summed E-state index contributed by atoms with van der Waals surface area (Å²) in [5, 5.41) is 13.1. The maximum absolute atomic E-state index is 14.1. The SMILES string of the molecule is Cc1cc2c(cnn2-c2ccc(F)cc2)cc1[C@H]1CN(S(=O)(=O)c2cnn(C)n2)CCN1C[C@@H](C)F. The van der Waals surface area contributed by atoms with E-state index >= 15 is 0 Å². The Hall–Kier alpha value is -3.22. The Morgan fingerprint density at radius 1 is 1.11 bits per heavy atom. The van der Waals surface area contributed by atoms with Crippen molar-refractivity contribution in [1.29, 1.82) is 0 Å². The van der Waals surface area contributed by atoms with Crippen LogP contribution in [0.25, 0.3) is 16.6 Å². The molecule has 5 rings (SSSR count). The minimum absolute atomic E-state index is 0.108. The molecule has 2 atom stereocenters. The molecule has 0 saturated carbocycles. The van der Waals surface area contributed by atoms with Crippen LogP contribution >= 0.6 is 0 Å². The second-order valence-corrected chi connectivity index (χ2v) is 11.0. The number of sulfonamides is 1. The molecule has 0 spiro atoms. The van der Waals surface area contributed by atoms with E-state index in [2.05, 4.69) is 15.3 Å². The van der Waals surface area contributed by atoms with E-state index < -0.39 is 16.2 Å². The highest BCUT2D eigenvalue weighted by Gasteiger charge is 2.37. The van der Waals surface area contributed by atoms with E-state index in [9.17, 15) is 17.2 Å². The van der Waals surface area contributed by atoms with Gasteiger partial charge in [0.25, 0.3) is 10.0 Å². The maximum Gasteiger partial charge on any atom is 0.264 e. The molecule has 0 aliphatic carbocycles. The molecule has 190 valence electrons. The number of fused-ring (bicyclic) bond motifs is 1. The van der Waals surface area contributed by atoms with Crippen LogP contribution in [0.5, 0.6) is 0 Å². The fourth-order valence-electron chi connectivity index (χ4n) is 4.77. The third-order valence-electron chi connectivity index (χ3n) is 6.51. The van der Waals surface area contributed by atoms with Crippen molar-refractivity contribution in [3.05, 3.63) is 65.7 Å². The number of alkyl halides is 1. The summed E-state index contributed by atoms with van der Waals surface area (Å²) < 4.78 is 57.2. The van der Waals surface area contributed by atoms with Gasteiger partial charge in [0.15, 0.2) is 0 Å². The van der Waals surface area contributed by atoms with Crippen LogP contribution in [0.4, 0.5) is 8.78 Å². The van der Waals surface area contributed by atoms with Gasteiger partial charge in [-0.25, -0.2) is 21.9 Å². The maximum atomic E-state index is 14.1. The highest BCUT2D eigenvalue weighted by molar-refractivity contribution is 7.89. The van der Waals surface area contributed by atoms with Gasteiger partial charge >= 0.3 is 0 Å². The van der Waals surface area contributed by atoms with E-state index in [0.29, 0.717) is 6.54 Å². The van der Waals surface area contributed by atoms with Crippen molar-refractivity contribution >= 4 is 20.9 Å². The number of rotatable bonds is 6. The van der Waals surface area contributed by atoms with Gasteiger partial charge in [0, 0.05) is 44.7 Å². The number of aromatic nitrogens is 5. The summed E-state index contributed by atoms with van der Waals surface area (Å²) in [6.07, 6.45) is 1.89. The first-order chi connectivity index (χ1) is 17.1. The quantitative estimate of drug-likeness (QED) is 0.392. The van der Waals surface area contributed by atoms with Crippen LogP contribution in [0.3, 0.4) is 0 Å². The van der Waals surface area contributed by atoms with Gasteiger partial charge in [-0.1, -0.05) is 0 Å². The molecule has 0 amide bonds. The zero-order chi connectivity index (χ0) is 25.6. The topological polar surface area (TPSA) is 89.2 Å². The number of piperazine rings is 1. The third-order valence-corrected chi connectivity index (χ3v) is 8.24. The lowest BCUT2D eigenvalue weighted by Crippen LogP contribution is -2.51. The molecule has 0 N–H and O–H groups in total. The van der Waals surface area contributed by atoms with Crippen LogP contribution in [0.1, 0.15) is 24.1 Å². The molecule has 2 aromatic heterocycles. The summed E-state index contributed by atoms with van der Waals surface area (Å²) in [5.41, 5.74) is 3.39. The summed E-state index contributed by atoms with van der Waals surface area (Å²) >= 11 is 0. The Balaban J connectivity index is 1.53. The van der Waals surface area contributed by atoms with Crippen molar-refractivity contribution in [2.24, 2.45) is 7.05 Å². The van der Waals surface area contributed by atoms with Gasteiger partial charge in [-0.05, 0) is 61.4 Å². The van der Waals surface area contributed by atoms with Gasteiger partial charge in [-0.3, -0.25) is 4.90 Å². The average Bonchev–Trinajstić information content (AvgIpc) is 3.45. The Bertz CT molecular complexity index is 1500. The predicted octanol–water partition coefficient (Wildman–Crippen LogP) is 3.01. The lowest BCUT2D eigenvalue weighted by Gasteiger charge is -2.41. The van der Waals surface area contributed by atoms with Crippen molar-refractivity contribution in [3.8, 4) is 5.69 Å². The van der Waals surface area contributed by atoms with Gasteiger partial charge in [-0.15, -0.1) is 5.10 Å². The first-order valence-corrected chi connectivity index (χ1v) is 13.1. The molecule has 1 saturated heterocycles. The van der Waals surface area contributed by atoms with Crippen LogP contribution in [0, 0.1) is 12.7 Å². The molecule has 4 aromatic rings. The molecular formula is C24H27F2N7O2S. The molecule has 36 heavy (non-hydrogen) atoms. The van der Waals surface area contributed by atoms with Gasteiger partial charge in [0.1, 0.15) is 12.0 Å². The summed E-state index contributed by atoms with van der Waals surface area (Å²) in [4.78, 5) is 3.20. The van der Waals surface area contributed by atoms with Gasteiger partial charge in [0.05, 0.1) is 23.6 Å². The van der Waals surface area contributed by atoms with Crippen molar-refractivity contribution in [2.45, 2.75) is 31.1 Å². The second-order valence-electron chi connectivity index (χ2n) is 9.13. The lowest BCUT2D eigenvalue weighted by atomic mass is 9.96. The van der Waals surface area contributed by atoms with E-state index in [1.165, 1.54) is 34.4 Å². The predicted molar refractivity (Wildman–Crippen MR) is 130 cm³/mol. The van der Waals surface area contributed by atoms with Crippen LogP contribution in [0.2, 0.25) is 0 Å². The van der Waals surface area contributed by atoms with Gasteiger partial charge in [0.2, 0.25) is 5.03 Å². The van der Waals surface area contributed by atoms with Crippen LogP contribution in [-0.4, -0.2) is 74.7 Å². The largest absolute Gasteiger partial charge is 0.291 e. The molecule has 1 fully saturated rings. The summed E-state index contributed by atoms with van der Waals surface area (Å²) in [6, 6.07) is 9.69. The second kappa shape index (κ2) is 9.34. The highest BCUT2D eigenvalue weighted by atomic mass is 32.2. The smallest absolute Gasteiger partial charge is 0.264 e. The monoisotopic (exact) mass is 515 g/mol. The molecular weight excluding hydrogens is 488 g/mol. The molecule has 1 aliphatic heterocycles. The number of hydrogen-bond acceptors (Lipinski definition) is 6. The Kier molecular flexibility index (Phi) is 6.35. The number of nitrogens with zero attached hydrogens (tertiary/aromatic N) is 7. The summed E-state index contributed by atoms with van der Waals surface area (Å²) in [7, 11) is -2.29. The molecule has 2 aromatic carbocycles. The minimum Gasteiger partial charge on any atom is -0.291 e. The normalized spacial score (nSPS) is 18.6. The fraction of sp³-hybridized carbons (Fsp3) is 0.375. The number of aryl methyl sites for hydroxylation is 2. The third kappa shape index (κ3) is 4.51. The van der Waals surface area contributed by atoms with Crippen molar-refractivity contribution < 1.29 is 17.2 Å². The molecule has 0 unspecified atom stereocenters. The van der Waals surface area contributed by atoms with E-state index in [-0.39, 0.29) is 36.5 Å². The Morgan fingerprint density at radius 3 is 2.53 bits per heavy atom. The lowest BCUT2D eigenvalue weighted by molar-refractivity contribution is 0.0917. The Labute approximate surface area is 208 Å². The highest BCUT2D eigenvalue weighted by Crippen LogP contribution is 2.33. The number of hydrogen-bond donors (Lipinski definition) is 0. The number of benzene rings is 2. The van der Waals surface area contributed by atoms with Crippen LogP contribution in [-0.2, 0) is 17.1 Å². The van der Waals surface area contributed by atoms with E-state index in [1.807, 2.05) is 24.0 Å². The minimum atomic E-state index is -3.85. The van der Waals surface area contributed by atoms with E-state index in [4.69, 9.17) is 0 Å². The van der Waals surface area contributed by atoms with Crippen molar-refractivity contribution in [2.75, 3.05) is 26.2 Å². The van der Waals surface area contributed by atoms with Gasteiger partial charge in [-0.2, -0.15) is 19.3 Å². The molecule has 0 bridgehead atoms. The summed E-state index contributed by atoms with van der Waals surface area (Å²) in [5.74, 6) is -0.325. The van der Waals surface area contributed by atoms with Crippen LogP contribution < -0.4 is 0 Å². The fourth-order valence-corrected chi connectivity index (χ4v) is 6.10. The zero-order valence-electron chi connectivity index (χ0n) is 20.2. The van der Waals surface area contributed by atoms with Crippen molar-refractivity contribution in [1.82, 2.24) is 34.0 Å². The summed E-state index contributed by atoms with van der Waals surface area (Å²) in [6.45, 7) is 4.41.